The van der Waals surface area contributed by atoms with Crippen molar-refractivity contribution < 1.29 is 4.74 Å². The predicted octanol–water partition coefficient (Wildman–Crippen LogP) is 2.38. The van der Waals surface area contributed by atoms with Crippen molar-refractivity contribution in [1.82, 2.24) is 20.2 Å². The van der Waals surface area contributed by atoms with Crippen molar-refractivity contribution in [1.29, 1.82) is 0 Å². The minimum Gasteiger partial charge on any atom is -0.496 e. The number of nitrogens with one attached hydrogen (secondary N) is 2. The second-order valence-electron chi connectivity index (χ2n) is 4.48. The van der Waals surface area contributed by atoms with E-state index >= 15 is 0 Å². The Bertz CT molecular complexity index is 765. The summed E-state index contributed by atoms with van der Waals surface area (Å²) in [5, 5.41) is 10.7. The topological polar surface area (TPSA) is 75.7 Å². The molecule has 0 aliphatic rings. The van der Waals surface area contributed by atoms with Crippen molar-refractivity contribution in [3.63, 3.8) is 0 Å². The normalized spacial score (nSPS) is 10.8. The molecular formula is C14H15N5O. The van der Waals surface area contributed by atoms with Gasteiger partial charge in [0.1, 0.15) is 5.75 Å². The number of nitrogens with zero attached hydrogens (tertiary/aromatic N) is 3. The fourth-order valence-corrected chi connectivity index (χ4v) is 2.16. The average Bonchev–Trinajstić information content (AvgIpc) is 2.94. The molecule has 0 bridgehead atoms. The molecular weight excluding hydrogens is 254 g/mol. The number of hydrogen-bond donors (Lipinski definition) is 2. The van der Waals surface area contributed by atoms with Crippen LogP contribution in [0.2, 0.25) is 0 Å². The lowest BCUT2D eigenvalue weighted by Crippen LogP contribution is -1.99. The van der Waals surface area contributed by atoms with E-state index in [2.05, 4.69) is 25.5 Å². The molecule has 102 valence electrons. The van der Waals surface area contributed by atoms with E-state index in [0.717, 1.165) is 28.0 Å². The number of anilines is 1. The Balaban J connectivity index is 2.33. The first-order valence-corrected chi connectivity index (χ1v) is 6.27. The highest BCUT2D eigenvalue weighted by molar-refractivity contribution is 5.92. The van der Waals surface area contributed by atoms with Crippen molar-refractivity contribution in [3.8, 4) is 17.0 Å². The van der Waals surface area contributed by atoms with Gasteiger partial charge in [-0.3, -0.25) is 5.10 Å². The third-order valence-corrected chi connectivity index (χ3v) is 3.14. The van der Waals surface area contributed by atoms with Crippen LogP contribution in [0.5, 0.6) is 5.75 Å². The second kappa shape index (κ2) is 4.80. The SMILES string of the molecule is CNc1nc(-c2cc(C)ccc2OC)c2cn[nH]c2n1. The van der Waals surface area contributed by atoms with Gasteiger partial charge in [0, 0.05) is 12.6 Å². The first-order valence-electron chi connectivity index (χ1n) is 6.27. The maximum Gasteiger partial charge on any atom is 0.225 e. The summed E-state index contributed by atoms with van der Waals surface area (Å²) in [5.74, 6) is 1.32. The van der Waals surface area contributed by atoms with E-state index in [4.69, 9.17) is 4.74 Å². The molecule has 2 aromatic heterocycles. The van der Waals surface area contributed by atoms with E-state index < -0.39 is 0 Å². The molecule has 6 heteroatoms. The van der Waals surface area contributed by atoms with Gasteiger partial charge in [0.15, 0.2) is 5.65 Å². The molecule has 0 radical (unpaired) electrons. The molecule has 3 rings (SSSR count). The average molecular weight is 269 g/mol. The van der Waals surface area contributed by atoms with E-state index in [9.17, 15) is 0 Å². The van der Waals surface area contributed by atoms with E-state index in [0.29, 0.717) is 11.6 Å². The largest absolute Gasteiger partial charge is 0.496 e. The van der Waals surface area contributed by atoms with Crippen LogP contribution in [0.15, 0.2) is 24.4 Å². The zero-order valence-corrected chi connectivity index (χ0v) is 11.6. The highest BCUT2D eigenvalue weighted by Crippen LogP contribution is 2.33. The molecule has 2 heterocycles. The number of fused-ring (bicyclic) bond motifs is 1. The highest BCUT2D eigenvalue weighted by Gasteiger charge is 2.15. The molecule has 0 fully saturated rings. The molecule has 0 saturated heterocycles. The highest BCUT2D eigenvalue weighted by atomic mass is 16.5. The van der Waals surface area contributed by atoms with Gasteiger partial charge in [-0.25, -0.2) is 4.98 Å². The number of aryl methyl sites for hydroxylation is 1. The van der Waals surface area contributed by atoms with Gasteiger partial charge in [-0.2, -0.15) is 10.1 Å². The zero-order valence-electron chi connectivity index (χ0n) is 11.6. The summed E-state index contributed by atoms with van der Waals surface area (Å²) in [6.45, 7) is 2.04. The Hall–Kier alpha value is -2.63. The van der Waals surface area contributed by atoms with Crippen LogP contribution in [0.25, 0.3) is 22.3 Å². The van der Waals surface area contributed by atoms with Crippen LogP contribution >= 0.6 is 0 Å². The molecule has 0 saturated carbocycles. The molecule has 0 amide bonds. The van der Waals surface area contributed by atoms with E-state index in [1.54, 1.807) is 20.4 Å². The third kappa shape index (κ3) is 1.95. The summed E-state index contributed by atoms with van der Waals surface area (Å²) in [5.41, 5.74) is 3.57. The van der Waals surface area contributed by atoms with Crippen LogP contribution < -0.4 is 10.1 Å². The smallest absolute Gasteiger partial charge is 0.225 e. The summed E-state index contributed by atoms with van der Waals surface area (Å²) < 4.78 is 5.44. The number of rotatable bonds is 3. The quantitative estimate of drug-likeness (QED) is 0.763. The van der Waals surface area contributed by atoms with Gasteiger partial charge in [-0.1, -0.05) is 11.6 Å². The molecule has 6 nitrogen and oxygen atoms in total. The molecule has 20 heavy (non-hydrogen) atoms. The Morgan fingerprint density at radius 2 is 2.10 bits per heavy atom. The van der Waals surface area contributed by atoms with Gasteiger partial charge < -0.3 is 10.1 Å². The van der Waals surface area contributed by atoms with Crippen molar-refractivity contribution in [2.75, 3.05) is 19.5 Å². The molecule has 0 aliphatic carbocycles. The van der Waals surface area contributed by atoms with Crippen LogP contribution in [0, 0.1) is 6.92 Å². The first-order chi connectivity index (χ1) is 9.72. The molecule has 0 unspecified atom stereocenters. The summed E-state index contributed by atoms with van der Waals surface area (Å²) in [7, 11) is 3.44. The van der Waals surface area contributed by atoms with Crippen molar-refractivity contribution in [2.24, 2.45) is 0 Å². The van der Waals surface area contributed by atoms with Gasteiger partial charge in [0.2, 0.25) is 5.95 Å². The summed E-state index contributed by atoms with van der Waals surface area (Å²) in [6.07, 6.45) is 1.73. The van der Waals surface area contributed by atoms with Gasteiger partial charge in [0.05, 0.1) is 24.4 Å². The van der Waals surface area contributed by atoms with Crippen LogP contribution in [-0.2, 0) is 0 Å². The van der Waals surface area contributed by atoms with Crippen molar-refractivity contribution in [2.45, 2.75) is 6.92 Å². The zero-order chi connectivity index (χ0) is 14.1. The van der Waals surface area contributed by atoms with E-state index in [-0.39, 0.29) is 0 Å². The minimum absolute atomic E-state index is 0.542. The van der Waals surface area contributed by atoms with E-state index in [1.807, 2.05) is 25.1 Å². The molecule has 0 aliphatic heterocycles. The third-order valence-electron chi connectivity index (χ3n) is 3.14. The Morgan fingerprint density at radius 3 is 2.85 bits per heavy atom. The fourth-order valence-electron chi connectivity index (χ4n) is 2.16. The van der Waals surface area contributed by atoms with Crippen molar-refractivity contribution in [3.05, 3.63) is 30.0 Å². The lowest BCUT2D eigenvalue weighted by atomic mass is 10.1. The summed E-state index contributed by atoms with van der Waals surface area (Å²) >= 11 is 0. The lowest BCUT2D eigenvalue weighted by Gasteiger charge is -2.10. The summed E-state index contributed by atoms with van der Waals surface area (Å²) in [6, 6.07) is 6.00. The van der Waals surface area contributed by atoms with Crippen molar-refractivity contribution >= 4 is 17.0 Å². The predicted molar refractivity (Wildman–Crippen MR) is 78.0 cm³/mol. The number of H-pyrrole nitrogens is 1. The van der Waals surface area contributed by atoms with Gasteiger partial charge >= 0.3 is 0 Å². The monoisotopic (exact) mass is 269 g/mol. The van der Waals surface area contributed by atoms with Gasteiger partial charge in [-0.05, 0) is 19.1 Å². The Morgan fingerprint density at radius 1 is 1.25 bits per heavy atom. The molecule has 3 aromatic rings. The second-order valence-corrected chi connectivity index (χ2v) is 4.48. The summed E-state index contributed by atoms with van der Waals surface area (Å²) in [4.78, 5) is 8.89. The first kappa shape index (κ1) is 12.4. The fraction of sp³-hybridized carbons (Fsp3) is 0.214. The van der Waals surface area contributed by atoms with E-state index in [1.165, 1.54) is 0 Å². The Kier molecular flexibility index (Phi) is 2.98. The van der Waals surface area contributed by atoms with Gasteiger partial charge in [0.25, 0.3) is 0 Å². The van der Waals surface area contributed by atoms with Crippen LogP contribution in [0.4, 0.5) is 5.95 Å². The standard InChI is InChI=1S/C14H15N5O/c1-8-4-5-11(20-3)9(6-8)12-10-7-16-19-13(10)18-14(15-2)17-12/h4-7H,1-3H3,(H2,15,16,17,18,19). The molecule has 0 spiro atoms. The molecule has 2 N–H and O–H groups in total. The maximum absolute atomic E-state index is 5.44. The Labute approximate surface area is 116 Å². The number of hydrogen-bond acceptors (Lipinski definition) is 5. The number of aromatic nitrogens is 4. The lowest BCUT2D eigenvalue weighted by molar-refractivity contribution is 0.416. The van der Waals surface area contributed by atoms with Crippen LogP contribution in [-0.4, -0.2) is 34.3 Å². The van der Waals surface area contributed by atoms with Crippen LogP contribution in [0.3, 0.4) is 0 Å². The molecule has 0 atom stereocenters. The maximum atomic E-state index is 5.44. The van der Waals surface area contributed by atoms with Gasteiger partial charge in [-0.15, -0.1) is 0 Å². The minimum atomic E-state index is 0.542. The number of methoxy groups -OCH3 is 1. The number of ether oxygens (including phenoxy) is 1. The van der Waals surface area contributed by atoms with Crippen LogP contribution in [0.1, 0.15) is 5.56 Å². The number of aromatic amines is 1. The molecule has 1 aromatic carbocycles. The number of benzene rings is 1.